The van der Waals surface area contributed by atoms with E-state index < -0.39 is 28.6 Å². The van der Waals surface area contributed by atoms with E-state index in [1.54, 1.807) is 0 Å². The van der Waals surface area contributed by atoms with Crippen molar-refractivity contribution >= 4 is 38.7 Å². The van der Waals surface area contributed by atoms with Crippen LogP contribution in [-0.2, 0) is 23.9 Å². The number of aliphatic carboxylic acids is 1. The Bertz CT molecular complexity index is 680. The molecule has 0 heterocycles. The molecule has 0 bridgehead atoms. The van der Waals surface area contributed by atoms with Gasteiger partial charge in [0.2, 0.25) is 0 Å². The zero-order valence-corrected chi connectivity index (χ0v) is 13.1. The van der Waals surface area contributed by atoms with E-state index in [9.17, 15) is 18.0 Å². The number of phenols is 1. The number of benzene rings is 1. The number of phenolic OH excluding ortho intramolecular Hbond substituents is 1. The van der Waals surface area contributed by atoms with E-state index in [2.05, 4.69) is 9.18 Å². The fourth-order valence-electron chi connectivity index (χ4n) is 1.22. The fraction of sp³-hybridized carbons (Fsp3) is 0.250. The number of thioether (sulfide) groups is 1. The number of hydrogen-bond donors (Lipinski definition) is 2. The third-order valence-electron chi connectivity index (χ3n) is 2.17. The molecule has 22 heavy (non-hydrogen) atoms. The van der Waals surface area contributed by atoms with Crippen molar-refractivity contribution in [3.63, 3.8) is 0 Å². The van der Waals surface area contributed by atoms with Gasteiger partial charge in [0.15, 0.2) is 12.5 Å². The lowest BCUT2D eigenvalue weighted by Gasteiger charge is -2.04. The minimum absolute atomic E-state index is 0.0964. The zero-order valence-electron chi connectivity index (χ0n) is 11.4. The second-order valence-electron chi connectivity index (χ2n) is 3.90. The van der Waals surface area contributed by atoms with Crippen molar-refractivity contribution < 1.29 is 32.4 Å². The molecule has 0 unspecified atom stereocenters. The third-order valence-corrected chi connectivity index (χ3v) is 4.52. The van der Waals surface area contributed by atoms with Crippen molar-refractivity contribution in [3.05, 3.63) is 24.3 Å². The molecule has 0 spiro atoms. The number of aromatic hydroxyl groups is 1. The van der Waals surface area contributed by atoms with Gasteiger partial charge in [0.25, 0.3) is 10.1 Å². The highest BCUT2D eigenvalue weighted by Crippen LogP contribution is 2.16. The van der Waals surface area contributed by atoms with Gasteiger partial charge >= 0.3 is 5.97 Å². The summed E-state index contributed by atoms with van der Waals surface area (Å²) in [5, 5.41) is 17.5. The van der Waals surface area contributed by atoms with Crippen molar-refractivity contribution in [1.29, 1.82) is 0 Å². The number of ketones is 1. The van der Waals surface area contributed by atoms with Crippen LogP contribution >= 0.6 is 11.8 Å². The lowest BCUT2D eigenvalue weighted by molar-refractivity contribution is -0.133. The Morgan fingerprint density at radius 2 is 1.86 bits per heavy atom. The van der Waals surface area contributed by atoms with Crippen molar-refractivity contribution in [2.24, 2.45) is 4.99 Å². The van der Waals surface area contributed by atoms with Gasteiger partial charge in [-0.1, -0.05) is 11.8 Å². The maximum Gasteiger partial charge on any atom is 0.313 e. The molecule has 0 fully saturated rings. The van der Waals surface area contributed by atoms with Gasteiger partial charge in [-0.3, -0.25) is 9.59 Å². The number of hydrogen-bond acceptors (Lipinski definition) is 8. The van der Waals surface area contributed by atoms with Gasteiger partial charge in [0.05, 0.1) is 10.6 Å². The van der Waals surface area contributed by atoms with Crippen LogP contribution in [-0.4, -0.2) is 47.9 Å². The first kappa shape index (κ1) is 18.1. The van der Waals surface area contributed by atoms with Crippen LogP contribution in [0, 0.1) is 0 Å². The molecule has 0 atom stereocenters. The number of rotatable bonds is 7. The van der Waals surface area contributed by atoms with Crippen LogP contribution in [0.2, 0.25) is 0 Å². The van der Waals surface area contributed by atoms with Crippen molar-refractivity contribution in [2.75, 3.05) is 12.5 Å². The Labute approximate surface area is 130 Å². The topological polar surface area (TPSA) is 130 Å². The molecule has 1 rings (SSSR count). The Hall–Kier alpha value is -1.91. The van der Waals surface area contributed by atoms with Crippen LogP contribution in [0.4, 0.5) is 0 Å². The van der Waals surface area contributed by atoms with E-state index in [0.717, 1.165) is 12.1 Å². The highest BCUT2D eigenvalue weighted by atomic mass is 32.2. The average Bonchev–Trinajstić information content (AvgIpc) is 2.42. The summed E-state index contributed by atoms with van der Waals surface area (Å²) in [7, 11) is -4.08. The molecule has 0 aliphatic heterocycles. The second-order valence-corrected chi connectivity index (χ2v) is 6.48. The Kier molecular flexibility index (Phi) is 6.53. The number of aliphatic imine (C=N–C) groups is 1. The second kappa shape index (κ2) is 7.92. The number of nitrogens with zero attached hydrogens (tertiary/aromatic N) is 1. The lowest BCUT2D eigenvalue weighted by Crippen LogP contribution is -2.13. The first-order valence-corrected chi connectivity index (χ1v) is 8.20. The molecular formula is C12H13NO7S2. The molecule has 0 saturated heterocycles. The van der Waals surface area contributed by atoms with E-state index in [-0.39, 0.29) is 21.4 Å². The summed E-state index contributed by atoms with van der Waals surface area (Å²) in [6.45, 7) is 0.535. The maximum absolute atomic E-state index is 11.8. The summed E-state index contributed by atoms with van der Waals surface area (Å²) in [6, 6.07) is 4.67. The van der Waals surface area contributed by atoms with Crippen molar-refractivity contribution in [1.82, 2.24) is 0 Å². The quantitative estimate of drug-likeness (QED) is 0.422. The van der Waals surface area contributed by atoms with Gasteiger partial charge in [-0.15, -0.1) is 0 Å². The van der Waals surface area contributed by atoms with Crippen molar-refractivity contribution in [2.45, 2.75) is 11.8 Å². The molecule has 2 N–H and O–H groups in total. The molecular weight excluding hydrogens is 334 g/mol. The van der Waals surface area contributed by atoms with E-state index in [0.29, 0.717) is 11.8 Å². The predicted octanol–water partition coefficient (Wildman–Crippen LogP) is 0.860. The molecule has 0 aromatic heterocycles. The first-order chi connectivity index (χ1) is 10.2. The summed E-state index contributed by atoms with van der Waals surface area (Å²) in [6.07, 6.45) is 0. The molecule has 1 aromatic carbocycles. The standard InChI is InChI=1S/C12H13NO7S2/c1-8(14)12(21-6-11(16)17)13-7-20-22(18,19)10-4-2-9(15)3-5-10/h2-5,15H,6-7H2,1H3,(H,16,17). The van der Waals surface area contributed by atoms with E-state index in [1.165, 1.54) is 19.1 Å². The third kappa shape index (κ3) is 5.84. The van der Waals surface area contributed by atoms with Gasteiger partial charge in [-0.2, -0.15) is 8.42 Å². The van der Waals surface area contributed by atoms with Crippen LogP contribution in [0.5, 0.6) is 5.75 Å². The number of carbonyl (C=O) groups is 2. The van der Waals surface area contributed by atoms with Gasteiger partial charge in [-0.05, 0) is 24.3 Å². The summed E-state index contributed by atoms with van der Waals surface area (Å²) in [4.78, 5) is 25.1. The summed E-state index contributed by atoms with van der Waals surface area (Å²) >= 11 is 0.679. The Balaban J connectivity index is 2.73. The van der Waals surface area contributed by atoms with Crippen LogP contribution in [0.25, 0.3) is 0 Å². The van der Waals surface area contributed by atoms with Gasteiger partial charge < -0.3 is 10.2 Å². The Morgan fingerprint density at radius 1 is 1.27 bits per heavy atom. The minimum atomic E-state index is -4.08. The highest BCUT2D eigenvalue weighted by Gasteiger charge is 2.15. The van der Waals surface area contributed by atoms with Crippen LogP contribution in [0.1, 0.15) is 6.92 Å². The van der Waals surface area contributed by atoms with Gasteiger partial charge in [-0.25, -0.2) is 9.18 Å². The van der Waals surface area contributed by atoms with E-state index >= 15 is 0 Å². The molecule has 10 heteroatoms. The van der Waals surface area contributed by atoms with E-state index in [4.69, 9.17) is 10.2 Å². The number of carboxylic acids is 1. The average molecular weight is 347 g/mol. The summed E-state index contributed by atoms with van der Waals surface area (Å²) in [5.41, 5.74) is 0. The number of Topliss-reactive ketones (excluding diaryl/α,β-unsaturated/α-hetero) is 1. The predicted molar refractivity (Wildman–Crippen MR) is 79.5 cm³/mol. The van der Waals surface area contributed by atoms with E-state index in [1.807, 2.05) is 0 Å². The lowest BCUT2D eigenvalue weighted by atomic mass is 10.3. The SMILES string of the molecule is CC(=O)C(=NCOS(=O)(=O)c1ccc(O)cc1)SCC(=O)O. The first-order valence-electron chi connectivity index (χ1n) is 5.81. The van der Waals surface area contributed by atoms with Crippen molar-refractivity contribution in [3.8, 4) is 5.75 Å². The number of carboxylic acid groups (broad SMARTS) is 1. The summed E-state index contributed by atoms with van der Waals surface area (Å²) in [5.74, 6) is -2.09. The monoisotopic (exact) mass is 347 g/mol. The largest absolute Gasteiger partial charge is 0.508 e. The van der Waals surface area contributed by atoms with Gasteiger partial charge in [0.1, 0.15) is 10.8 Å². The molecule has 0 aliphatic carbocycles. The molecule has 8 nitrogen and oxygen atoms in total. The fourth-order valence-corrected chi connectivity index (χ4v) is 2.63. The van der Waals surface area contributed by atoms with Crippen LogP contribution < -0.4 is 0 Å². The maximum atomic E-state index is 11.8. The minimum Gasteiger partial charge on any atom is -0.508 e. The molecule has 0 radical (unpaired) electrons. The molecule has 0 saturated carbocycles. The molecule has 0 amide bonds. The smallest absolute Gasteiger partial charge is 0.313 e. The Morgan fingerprint density at radius 3 is 2.36 bits per heavy atom. The van der Waals surface area contributed by atoms with Crippen LogP contribution in [0.3, 0.4) is 0 Å². The van der Waals surface area contributed by atoms with Gasteiger partial charge in [0, 0.05) is 6.92 Å². The molecule has 1 aromatic rings. The zero-order chi connectivity index (χ0) is 16.8. The normalized spacial score (nSPS) is 12.1. The summed E-state index contributed by atoms with van der Waals surface area (Å²) < 4.78 is 28.2. The molecule has 120 valence electrons. The molecule has 0 aliphatic rings. The number of carbonyl (C=O) groups excluding carboxylic acids is 1. The van der Waals surface area contributed by atoms with Crippen LogP contribution in [0.15, 0.2) is 34.2 Å². The highest BCUT2D eigenvalue weighted by molar-refractivity contribution is 8.16.